The monoisotopic (exact) mass is 390 g/mol. The Morgan fingerprint density at radius 3 is 2.65 bits per heavy atom. The minimum Gasteiger partial charge on any atom is -0.495 e. The van der Waals surface area contributed by atoms with Crippen molar-refractivity contribution in [3.63, 3.8) is 0 Å². The first kappa shape index (κ1) is 18.2. The zero-order chi connectivity index (χ0) is 18.5. The van der Waals surface area contributed by atoms with Gasteiger partial charge in [0, 0.05) is 0 Å². The van der Waals surface area contributed by atoms with Gasteiger partial charge in [-0.1, -0.05) is 47.4 Å². The molecule has 134 valence electrons. The molecule has 9 heteroatoms. The second-order valence-electron chi connectivity index (χ2n) is 5.15. The highest BCUT2D eigenvalue weighted by Crippen LogP contribution is 2.38. The Morgan fingerprint density at radius 1 is 1.23 bits per heavy atom. The van der Waals surface area contributed by atoms with Crippen LogP contribution in [0.5, 0.6) is 5.75 Å². The minimum absolute atomic E-state index is 0.374. The van der Waals surface area contributed by atoms with Crippen LogP contribution in [0.25, 0.3) is 0 Å². The smallest absolute Gasteiger partial charge is 0.235 e. The number of carbonyl (C=O) groups excluding carboxylic acids is 1. The van der Waals surface area contributed by atoms with Gasteiger partial charge >= 0.3 is 0 Å². The Balaban J connectivity index is 1.76. The van der Waals surface area contributed by atoms with E-state index in [-0.39, 0.29) is 5.82 Å². The van der Waals surface area contributed by atoms with Gasteiger partial charge in [-0.3, -0.25) is 4.79 Å². The summed E-state index contributed by atoms with van der Waals surface area (Å²) in [7, 11) is 1.59. The number of hydrogen-bond acceptors (Lipinski definition) is 7. The van der Waals surface area contributed by atoms with Crippen molar-refractivity contribution in [1.82, 2.24) is 10.2 Å². The third-order valence-corrected chi connectivity index (χ3v) is 5.60. The number of methoxy groups -OCH3 is 1. The van der Waals surface area contributed by atoms with Crippen LogP contribution in [0.4, 0.5) is 15.2 Å². The average Bonchev–Trinajstić information content (AvgIpc) is 3.08. The Hall–Kier alpha value is -2.65. The number of rotatable bonds is 7. The molecule has 0 radical (unpaired) electrons. The maximum atomic E-state index is 13.1. The van der Waals surface area contributed by atoms with Crippen LogP contribution in [0, 0.1) is 5.82 Å². The molecule has 1 unspecified atom stereocenters. The van der Waals surface area contributed by atoms with Crippen LogP contribution in [0.3, 0.4) is 0 Å². The molecule has 0 saturated heterocycles. The quantitative estimate of drug-likeness (QED) is 0.597. The second-order valence-corrected chi connectivity index (χ2v) is 7.48. The van der Waals surface area contributed by atoms with Crippen LogP contribution < -0.4 is 15.8 Å². The van der Waals surface area contributed by atoms with Crippen LogP contribution in [0.1, 0.15) is 10.8 Å². The van der Waals surface area contributed by atoms with E-state index in [4.69, 9.17) is 10.5 Å². The molecule has 0 spiro atoms. The highest BCUT2D eigenvalue weighted by atomic mass is 32.2. The largest absolute Gasteiger partial charge is 0.495 e. The zero-order valence-electron chi connectivity index (χ0n) is 13.7. The van der Waals surface area contributed by atoms with Crippen molar-refractivity contribution in [2.45, 2.75) is 9.59 Å². The molecular formula is C17H15FN4O2S2. The lowest BCUT2D eigenvalue weighted by Gasteiger charge is -2.11. The van der Waals surface area contributed by atoms with Crippen molar-refractivity contribution in [3.8, 4) is 5.75 Å². The number of para-hydroxylation sites is 2. The van der Waals surface area contributed by atoms with E-state index in [1.54, 1.807) is 7.11 Å². The van der Waals surface area contributed by atoms with Crippen molar-refractivity contribution in [2.75, 3.05) is 12.4 Å². The number of ether oxygens (including phenoxy) is 1. The lowest BCUT2D eigenvalue weighted by Crippen LogP contribution is -2.18. The summed E-state index contributed by atoms with van der Waals surface area (Å²) >= 11 is 2.46. The number of carbonyl (C=O) groups is 1. The summed E-state index contributed by atoms with van der Waals surface area (Å²) in [5, 5.41) is 11.2. The fraction of sp³-hybridized carbons (Fsp3) is 0.118. The third-order valence-electron chi connectivity index (χ3n) is 3.40. The van der Waals surface area contributed by atoms with Gasteiger partial charge < -0.3 is 15.8 Å². The van der Waals surface area contributed by atoms with Crippen molar-refractivity contribution in [3.05, 3.63) is 59.9 Å². The number of halogens is 1. The van der Waals surface area contributed by atoms with E-state index >= 15 is 0 Å². The summed E-state index contributed by atoms with van der Waals surface area (Å²) in [5.74, 6) is -0.226. The van der Waals surface area contributed by atoms with Crippen LogP contribution in [0.2, 0.25) is 0 Å². The third kappa shape index (κ3) is 4.30. The molecule has 2 aromatic carbocycles. The number of hydrogen-bond donors (Lipinski definition) is 2. The average molecular weight is 390 g/mol. The molecule has 1 aromatic heterocycles. The highest BCUT2D eigenvalue weighted by molar-refractivity contribution is 8.01. The van der Waals surface area contributed by atoms with Crippen molar-refractivity contribution in [1.29, 1.82) is 0 Å². The summed E-state index contributed by atoms with van der Waals surface area (Å²) < 4.78 is 18.9. The number of aromatic nitrogens is 2. The van der Waals surface area contributed by atoms with Crippen LogP contribution in [-0.4, -0.2) is 23.2 Å². The molecular weight excluding hydrogens is 375 g/mol. The van der Waals surface area contributed by atoms with Crippen LogP contribution >= 0.6 is 23.1 Å². The summed E-state index contributed by atoms with van der Waals surface area (Å²) in [6.45, 7) is 0. The summed E-state index contributed by atoms with van der Waals surface area (Å²) in [6.07, 6.45) is 0. The van der Waals surface area contributed by atoms with Gasteiger partial charge in [0.05, 0.1) is 12.8 Å². The molecule has 0 aliphatic rings. The SMILES string of the molecule is COc1ccccc1Nc1nnc(SC(C(N)=O)c2ccc(F)cc2)s1. The highest BCUT2D eigenvalue weighted by Gasteiger charge is 2.22. The molecule has 1 atom stereocenters. The van der Waals surface area contributed by atoms with E-state index < -0.39 is 11.2 Å². The van der Waals surface area contributed by atoms with E-state index in [1.165, 1.54) is 47.4 Å². The van der Waals surface area contributed by atoms with Gasteiger partial charge in [-0.15, -0.1) is 10.2 Å². The lowest BCUT2D eigenvalue weighted by molar-refractivity contribution is -0.117. The second kappa shape index (κ2) is 8.15. The van der Waals surface area contributed by atoms with E-state index in [9.17, 15) is 9.18 Å². The fourth-order valence-corrected chi connectivity index (χ4v) is 4.11. The molecule has 0 aliphatic heterocycles. The van der Waals surface area contributed by atoms with Gasteiger partial charge in [-0.2, -0.15) is 0 Å². The summed E-state index contributed by atoms with van der Waals surface area (Å²) in [6, 6.07) is 13.1. The number of nitrogens with one attached hydrogen (secondary N) is 1. The lowest BCUT2D eigenvalue weighted by atomic mass is 10.1. The van der Waals surface area contributed by atoms with E-state index in [0.717, 1.165) is 5.69 Å². The molecule has 1 heterocycles. The minimum atomic E-state index is -0.678. The molecule has 0 bridgehead atoms. The van der Waals surface area contributed by atoms with Crippen molar-refractivity contribution < 1.29 is 13.9 Å². The summed E-state index contributed by atoms with van der Waals surface area (Å²) in [4.78, 5) is 11.8. The predicted octanol–water partition coefficient (Wildman–Crippen LogP) is 3.75. The number of amides is 1. The Morgan fingerprint density at radius 2 is 1.96 bits per heavy atom. The Bertz CT molecular complexity index is 902. The van der Waals surface area contributed by atoms with Gasteiger partial charge in [0.1, 0.15) is 16.8 Å². The molecule has 0 aliphatic carbocycles. The van der Waals surface area contributed by atoms with Crippen LogP contribution in [-0.2, 0) is 4.79 Å². The first-order valence-corrected chi connectivity index (χ1v) is 9.21. The normalized spacial score (nSPS) is 11.8. The van der Waals surface area contributed by atoms with Crippen molar-refractivity contribution >= 4 is 39.8 Å². The number of nitrogens with two attached hydrogens (primary N) is 1. The Labute approximate surface area is 157 Å². The van der Waals surface area contributed by atoms with Gasteiger partial charge in [0.25, 0.3) is 0 Å². The maximum absolute atomic E-state index is 13.1. The van der Waals surface area contributed by atoms with Crippen LogP contribution in [0.15, 0.2) is 52.9 Å². The van der Waals surface area contributed by atoms with Crippen molar-refractivity contribution in [2.24, 2.45) is 5.73 Å². The predicted molar refractivity (Wildman–Crippen MR) is 100 cm³/mol. The standard InChI is InChI=1S/C17H15FN4O2S2/c1-24-13-5-3-2-4-12(13)20-16-21-22-17(26-16)25-14(15(19)23)10-6-8-11(18)9-7-10/h2-9,14H,1H3,(H2,19,23)(H,20,21). The number of thioether (sulfide) groups is 1. The number of primary amides is 1. The molecule has 6 nitrogen and oxygen atoms in total. The summed E-state index contributed by atoms with van der Waals surface area (Å²) in [5.41, 5.74) is 6.86. The maximum Gasteiger partial charge on any atom is 0.235 e. The van der Waals surface area contributed by atoms with E-state index in [1.807, 2.05) is 24.3 Å². The van der Waals surface area contributed by atoms with Gasteiger partial charge in [-0.05, 0) is 29.8 Å². The molecule has 3 N–H and O–H groups in total. The molecule has 26 heavy (non-hydrogen) atoms. The van der Waals surface area contributed by atoms with Gasteiger partial charge in [0.15, 0.2) is 4.34 Å². The molecule has 3 rings (SSSR count). The number of anilines is 2. The van der Waals surface area contributed by atoms with Gasteiger partial charge in [-0.25, -0.2) is 4.39 Å². The molecule has 0 saturated carbocycles. The van der Waals surface area contributed by atoms with E-state index in [0.29, 0.717) is 20.8 Å². The Kier molecular flexibility index (Phi) is 5.69. The fourth-order valence-electron chi connectivity index (χ4n) is 2.20. The topological polar surface area (TPSA) is 90.1 Å². The number of nitrogens with zero attached hydrogens (tertiary/aromatic N) is 2. The molecule has 1 amide bonds. The first-order valence-electron chi connectivity index (χ1n) is 7.52. The van der Waals surface area contributed by atoms with Gasteiger partial charge in [0.2, 0.25) is 11.0 Å². The molecule has 3 aromatic rings. The zero-order valence-corrected chi connectivity index (χ0v) is 15.3. The number of benzene rings is 2. The first-order chi connectivity index (χ1) is 12.6. The molecule has 0 fully saturated rings. The van der Waals surface area contributed by atoms with E-state index in [2.05, 4.69) is 15.5 Å².